The van der Waals surface area contributed by atoms with Crippen LogP contribution in [0.2, 0.25) is 0 Å². The first-order chi connectivity index (χ1) is 12.2. The molecule has 0 unspecified atom stereocenters. The Morgan fingerprint density at radius 2 is 1.96 bits per heavy atom. The van der Waals surface area contributed by atoms with Crippen LogP contribution in [0.1, 0.15) is 15.4 Å². The fourth-order valence-corrected chi connectivity index (χ4v) is 3.91. The van der Waals surface area contributed by atoms with Gasteiger partial charge in [0.25, 0.3) is 5.91 Å². The summed E-state index contributed by atoms with van der Waals surface area (Å²) in [6.07, 6.45) is 0. The molecule has 1 amide bonds. The van der Waals surface area contributed by atoms with Crippen molar-refractivity contribution in [1.29, 1.82) is 0 Å². The molecule has 0 aliphatic rings. The predicted molar refractivity (Wildman–Crippen MR) is 101 cm³/mol. The second-order valence-corrected chi connectivity index (χ2v) is 7.17. The Morgan fingerprint density at radius 3 is 2.72 bits per heavy atom. The normalized spacial score (nSPS) is 10.8. The van der Waals surface area contributed by atoms with Gasteiger partial charge in [0.05, 0.1) is 21.4 Å². The molecule has 0 spiro atoms. The Labute approximate surface area is 152 Å². The summed E-state index contributed by atoms with van der Waals surface area (Å²) in [5.74, 6) is 1.33. The van der Waals surface area contributed by atoms with Crippen molar-refractivity contribution in [3.63, 3.8) is 0 Å². The maximum atomic E-state index is 12.3. The van der Waals surface area contributed by atoms with Gasteiger partial charge in [-0.1, -0.05) is 29.5 Å². The monoisotopic (exact) mass is 367 g/mol. The number of benzene rings is 2. The average molecular weight is 367 g/mol. The summed E-state index contributed by atoms with van der Waals surface area (Å²) < 4.78 is 6.79. The largest absolute Gasteiger partial charge is 0.457 e. The van der Waals surface area contributed by atoms with Crippen LogP contribution in [-0.2, 0) is 0 Å². The van der Waals surface area contributed by atoms with Crippen LogP contribution in [0.3, 0.4) is 0 Å². The lowest BCUT2D eigenvalue weighted by Gasteiger charge is -2.04. The highest BCUT2D eigenvalue weighted by Crippen LogP contribution is 2.31. The van der Waals surface area contributed by atoms with Crippen molar-refractivity contribution >= 4 is 43.9 Å². The van der Waals surface area contributed by atoms with Gasteiger partial charge in [-0.2, -0.15) is 0 Å². The van der Waals surface area contributed by atoms with Crippen LogP contribution < -0.4 is 10.1 Å². The molecule has 0 atom stereocenters. The number of nitrogens with zero attached hydrogens (tertiary/aromatic N) is 2. The number of amides is 1. The highest BCUT2D eigenvalue weighted by atomic mass is 32.1. The summed E-state index contributed by atoms with van der Waals surface area (Å²) in [5, 5.41) is 3.40. The number of rotatable bonds is 4. The van der Waals surface area contributed by atoms with Crippen LogP contribution in [0.5, 0.6) is 11.5 Å². The summed E-state index contributed by atoms with van der Waals surface area (Å²) in [7, 11) is 0. The standard InChI is InChI=1S/C18H13N3O2S2/c1-11-16(24-10-19-11)17(22)21-18-20-14-8-7-13(9-15(14)25-18)23-12-5-3-2-4-6-12/h2-10H,1H3,(H,20,21,22). The maximum absolute atomic E-state index is 12.3. The molecule has 25 heavy (non-hydrogen) atoms. The van der Waals surface area contributed by atoms with Crippen LogP contribution in [-0.4, -0.2) is 15.9 Å². The number of para-hydroxylation sites is 1. The molecule has 0 aliphatic carbocycles. The van der Waals surface area contributed by atoms with Gasteiger partial charge < -0.3 is 4.74 Å². The predicted octanol–water partition coefficient (Wildman–Crippen LogP) is 5.11. The molecule has 1 N–H and O–H groups in total. The third-order valence-corrected chi connectivity index (χ3v) is 5.37. The zero-order valence-corrected chi connectivity index (χ0v) is 14.9. The van der Waals surface area contributed by atoms with Crippen LogP contribution in [0.25, 0.3) is 10.2 Å². The summed E-state index contributed by atoms with van der Waals surface area (Å²) >= 11 is 2.74. The van der Waals surface area contributed by atoms with Gasteiger partial charge in [0.15, 0.2) is 5.13 Å². The molecule has 5 nitrogen and oxygen atoms in total. The zero-order valence-electron chi connectivity index (χ0n) is 13.2. The van der Waals surface area contributed by atoms with Crippen molar-refractivity contribution in [1.82, 2.24) is 9.97 Å². The second kappa shape index (κ2) is 6.62. The molecular formula is C18H13N3O2S2. The highest BCUT2D eigenvalue weighted by Gasteiger charge is 2.14. The minimum absolute atomic E-state index is 0.181. The lowest BCUT2D eigenvalue weighted by atomic mass is 10.3. The van der Waals surface area contributed by atoms with E-state index in [4.69, 9.17) is 4.74 Å². The molecule has 4 aromatic rings. The molecule has 2 heterocycles. The van der Waals surface area contributed by atoms with E-state index in [1.165, 1.54) is 22.7 Å². The Kier molecular flexibility index (Phi) is 4.17. The van der Waals surface area contributed by atoms with Crippen molar-refractivity contribution in [2.75, 3.05) is 5.32 Å². The number of hydrogen-bond acceptors (Lipinski definition) is 6. The molecule has 0 bridgehead atoms. The number of ether oxygens (including phenoxy) is 1. The van der Waals surface area contributed by atoms with Crippen LogP contribution in [0, 0.1) is 6.92 Å². The molecule has 0 aliphatic heterocycles. The fourth-order valence-electron chi connectivity index (χ4n) is 2.32. The summed E-state index contributed by atoms with van der Waals surface area (Å²) in [4.78, 5) is 21.4. The lowest BCUT2D eigenvalue weighted by Crippen LogP contribution is -2.11. The van der Waals surface area contributed by atoms with Crippen LogP contribution in [0.4, 0.5) is 5.13 Å². The van der Waals surface area contributed by atoms with Gasteiger partial charge in [-0.25, -0.2) is 9.97 Å². The van der Waals surface area contributed by atoms with Gasteiger partial charge in [-0.15, -0.1) is 11.3 Å². The summed E-state index contributed by atoms with van der Waals surface area (Å²) in [6.45, 7) is 1.82. The number of carbonyl (C=O) groups is 1. The Hall–Kier alpha value is -2.77. The van der Waals surface area contributed by atoms with E-state index >= 15 is 0 Å². The molecule has 0 saturated carbocycles. The van der Waals surface area contributed by atoms with Crippen LogP contribution in [0.15, 0.2) is 54.0 Å². The third kappa shape index (κ3) is 3.38. The number of hydrogen-bond donors (Lipinski definition) is 1. The number of carbonyl (C=O) groups excluding carboxylic acids is 1. The first kappa shape index (κ1) is 15.7. The Morgan fingerprint density at radius 1 is 1.12 bits per heavy atom. The topological polar surface area (TPSA) is 64.1 Å². The van der Waals surface area contributed by atoms with Crippen molar-refractivity contribution in [2.24, 2.45) is 0 Å². The molecule has 7 heteroatoms. The van der Waals surface area contributed by atoms with E-state index in [0.29, 0.717) is 10.0 Å². The van der Waals surface area contributed by atoms with Crippen molar-refractivity contribution in [2.45, 2.75) is 6.92 Å². The molecule has 2 aromatic heterocycles. The van der Waals surface area contributed by atoms with Gasteiger partial charge in [0, 0.05) is 6.07 Å². The van der Waals surface area contributed by atoms with Gasteiger partial charge in [0.1, 0.15) is 16.4 Å². The molecule has 0 fully saturated rings. The number of aryl methyl sites for hydroxylation is 1. The SMILES string of the molecule is Cc1ncsc1C(=O)Nc1nc2ccc(Oc3ccccc3)cc2s1. The van der Waals surface area contributed by atoms with E-state index < -0.39 is 0 Å². The molecule has 2 aromatic carbocycles. The average Bonchev–Trinajstić information content (AvgIpc) is 3.21. The molecular weight excluding hydrogens is 354 g/mol. The molecule has 124 valence electrons. The van der Waals surface area contributed by atoms with Crippen molar-refractivity contribution in [3.8, 4) is 11.5 Å². The van der Waals surface area contributed by atoms with Crippen molar-refractivity contribution < 1.29 is 9.53 Å². The van der Waals surface area contributed by atoms with E-state index in [2.05, 4.69) is 15.3 Å². The third-order valence-electron chi connectivity index (χ3n) is 3.51. The highest BCUT2D eigenvalue weighted by molar-refractivity contribution is 7.22. The minimum Gasteiger partial charge on any atom is -0.457 e. The molecule has 0 saturated heterocycles. The number of anilines is 1. The number of nitrogens with one attached hydrogen (secondary N) is 1. The van der Waals surface area contributed by atoms with Gasteiger partial charge in [0.2, 0.25) is 0 Å². The Bertz CT molecular complexity index is 1040. The van der Waals surface area contributed by atoms with Crippen molar-refractivity contribution in [3.05, 3.63) is 64.6 Å². The van der Waals surface area contributed by atoms with Gasteiger partial charge in [-0.05, 0) is 31.2 Å². The summed E-state index contributed by atoms with van der Waals surface area (Å²) in [6, 6.07) is 15.3. The fraction of sp³-hybridized carbons (Fsp3) is 0.0556. The summed E-state index contributed by atoms with van der Waals surface area (Å²) in [5.41, 5.74) is 3.21. The minimum atomic E-state index is -0.181. The number of fused-ring (bicyclic) bond motifs is 1. The second-order valence-electron chi connectivity index (χ2n) is 5.28. The van der Waals surface area contributed by atoms with E-state index in [0.717, 1.165) is 27.4 Å². The maximum Gasteiger partial charge on any atom is 0.269 e. The number of thiazole rings is 2. The molecule has 0 radical (unpaired) electrons. The number of aromatic nitrogens is 2. The first-order valence-electron chi connectivity index (χ1n) is 7.54. The van der Waals surface area contributed by atoms with E-state index in [-0.39, 0.29) is 5.91 Å². The quantitative estimate of drug-likeness (QED) is 0.545. The Balaban J connectivity index is 1.56. The van der Waals surface area contributed by atoms with Gasteiger partial charge >= 0.3 is 0 Å². The molecule has 4 rings (SSSR count). The van der Waals surface area contributed by atoms with E-state index in [1.807, 2.05) is 55.5 Å². The van der Waals surface area contributed by atoms with E-state index in [9.17, 15) is 4.79 Å². The zero-order chi connectivity index (χ0) is 17.2. The first-order valence-corrected chi connectivity index (χ1v) is 9.23. The van der Waals surface area contributed by atoms with Gasteiger partial charge in [-0.3, -0.25) is 10.1 Å². The van der Waals surface area contributed by atoms with Crippen LogP contribution >= 0.6 is 22.7 Å². The smallest absolute Gasteiger partial charge is 0.269 e. The van der Waals surface area contributed by atoms with E-state index in [1.54, 1.807) is 5.51 Å². The lowest BCUT2D eigenvalue weighted by molar-refractivity contribution is 0.103.